The van der Waals surface area contributed by atoms with E-state index in [1.807, 2.05) is 41.2 Å². The fourth-order valence-corrected chi connectivity index (χ4v) is 3.74. The molecule has 1 saturated carbocycles. The van der Waals surface area contributed by atoms with Gasteiger partial charge in [-0.05, 0) is 12.8 Å². The normalized spacial score (nSPS) is 27.8. The molecule has 2 fully saturated rings. The molecule has 3 atom stereocenters. The molecule has 0 spiro atoms. The van der Waals surface area contributed by atoms with E-state index in [1.165, 1.54) is 25.7 Å². The lowest BCUT2D eigenvalue weighted by molar-refractivity contribution is 0.0734. The first-order valence-electron chi connectivity index (χ1n) is 8.81. The average Bonchev–Trinajstić information content (AvgIpc) is 3.34. The Bertz CT molecular complexity index is 654. The lowest BCUT2D eigenvalue weighted by atomic mass is 10.1. The molecule has 1 aromatic carbocycles. The number of aliphatic hydroxyl groups excluding tert-OH is 1. The van der Waals surface area contributed by atoms with Crippen LogP contribution in [0.4, 0.5) is 0 Å². The summed E-state index contributed by atoms with van der Waals surface area (Å²) in [4.78, 5) is 0. The van der Waals surface area contributed by atoms with Crippen molar-refractivity contribution in [3.8, 4) is 11.3 Å². The van der Waals surface area contributed by atoms with Crippen LogP contribution < -0.4 is 5.32 Å². The molecule has 2 N–H and O–H groups in total. The van der Waals surface area contributed by atoms with E-state index in [2.05, 4.69) is 15.6 Å². The summed E-state index contributed by atoms with van der Waals surface area (Å²) in [5.41, 5.74) is 1.91. The summed E-state index contributed by atoms with van der Waals surface area (Å²) < 4.78 is 7.62. The molecule has 24 heavy (non-hydrogen) atoms. The van der Waals surface area contributed by atoms with Gasteiger partial charge in [0.05, 0.1) is 37.6 Å². The lowest BCUT2D eigenvalue weighted by Gasteiger charge is -2.25. The zero-order valence-electron chi connectivity index (χ0n) is 13.7. The van der Waals surface area contributed by atoms with Crippen molar-refractivity contribution < 1.29 is 9.84 Å². The molecule has 0 radical (unpaired) electrons. The van der Waals surface area contributed by atoms with Crippen molar-refractivity contribution >= 4 is 0 Å². The molecule has 1 aliphatic carbocycles. The van der Waals surface area contributed by atoms with E-state index in [-0.39, 0.29) is 12.1 Å². The highest BCUT2D eigenvalue weighted by Crippen LogP contribution is 2.23. The van der Waals surface area contributed by atoms with Crippen molar-refractivity contribution in [1.82, 2.24) is 20.3 Å². The van der Waals surface area contributed by atoms with E-state index in [0.717, 1.165) is 11.3 Å². The molecular formula is C18H24N4O2. The Kier molecular flexibility index (Phi) is 4.60. The van der Waals surface area contributed by atoms with E-state index < -0.39 is 6.10 Å². The minimum Gasteiger partial charge on any atom is -0.389 e. The van der Waals surface area contributed by atoms with Crippen LogP contribution in [0, 0.1) is 0 Å². The minimum absolute atomic E-state index is 0.0301. The van der Waals surface area contributed by atoms with E-state index in [0.29, 0.717) is 19.2 Å². The average molecular weight is 328 g/mol. The van der Waals surface area contributed by atoms with Crippen LogP contribution >= 0.6 is 0 Å². The van der Waals surface area contributed by atoms with E-state index in [1.54, 1.807) is 0 Å². The number of nitrogens with one attached hydrogen (secondary N) is 1. The molecule has 128 valence electrons. The van der Waals surface area contributed by atoms with Crippen LogP contribution in [-0.2, 0) is 11.3 Å². The fraction of sp³-hybridized carbons (Fsp3) is 0.556. The maximum Gasteiger partial charge on any atom is 0.113 e. The van der Waals surface area contributed by atoms with Crippen LogP contribution in [0.1, 0.15) is 25.7 Å². The van der Waals surface area contributed by atoms with Crippen molar-refractivity contribution in [2.45, 2.75) is 56.5 Å². The van der Waals surface area contributed by atoms with E-state index in [4.69, 9.17) is 4.74 Å². The highest BCUT2D eigenvalue weighted by atomic mass is 16.5. The van der Waals surface area contributed by atoms with Crippen LogP contribution in [0.15, 0.2) is 36.5 Å². The standard InChI is InChI=1S/C18H24N4O2/c23-16-12-24-17(18(16)19-14-8-4-5-9-14)11-22-10-15(20-21-22)13-6-2-1-3-7-13/h1-3,6-7,10,14,16-19,23H,4-5,8-9,11-12H2/t16-,17+,18+/m0/s1. The van der Waals surface area contributed by atoms with E-state index in [9.17, 15) is 5.11 Å². The van der Waals surface area contributed by atoms with Crippen molar-refractivity contribution in [3.05, 3.63) is 36.5 Å². The van der Waals surface area contributed by atoms with Gasteiger partial charge in [0.2, 0.25) is 0 Å². The second-order valence-corrected chi connectivity index (χ2v) is 6.80. The van der Waals surface area contributed by atoms with Crippen molar-refractivity contribution in [3.63, 3.8) is 0 Å². The van der Waals surface area contributed by atoms with Gasteiger partial charge in [0.1, 0.15) is 5.69 Å². The summed E-state index contributed by atoms with van der Waals surface area (Å²) >= 11 is 0. The van der Waals surface area contributed by atoms with Crippen molar-refractivity contribution in [2.75, 3.05) is 6.61 Å². The van der Waals surface area contributed by atoms with Gasteiger partial charge in [0.15, 0.2) is 0 Å². The zero-order chi connectivity index (χ0) is 16.4. The Morgan fingerprint density at radius 3 is 2.79 bits per heavy atom. The second kappa shape index (κ2) is 7.01. The third-order valence-electron chi connectivity index (χ3n) is 5.05. The Balaban J connectivity index is 1.43. The Morgan fingerprint density at radius 2 is 2.00 bits per heavy atom. The number of ether oxygens (including phenoxy) is 1. The fourth-order valence-electron chi connectivity index (χ4n) is 3.74. The molecule has 0 unspecified atom stereocenters. The molecule has 1 aliphatic heterocycles. The number of rotatable bonds is 5. The van der Waals surface area contributed by atoms with Gasteiger partial charge in [0, 0.05) is 11.6 Å². The second-order valence-electron chi connectivity index (χ2n) is 6.80. The number of aliphatic hydroxyl groups is 1. The molecule has 1 aromatic heterocycles. The van der Waals surface area contributed by atoms with Gasteiger partial charge in [-0.15, -0.1) is 5.10 Å². The number of hydrogen-bond donors (Lipinski definition) is 2. The zero-order valence-corrected chi connectivity index (χ0v) is 13.7. The number of hydrogen-bond acceptors (Lipinski definition) is 5. The Morgan fingerprint density at radius 1 is 1.21 bits per heavy atom. The van der Waals surface area contributed by atoms with Gasteiger partial charge in [0.25, 0.3) is 0 Å². The van der Waals surface area contributed by atoms with Gasteiger partial charge in [-0.1, -0.05) is 48.4 Å². The van der Waals surface area contributed by atoms with Gasteiger partial charge in [-0.25, -0.2) is 4.68 Å². The predicted octanol–water partition coefficient (Wildman–Crippen LogP) is 1.61. The van der Waals surface area contributed by atoms with Crippen LogP contribution in [0.5, 0.6) is 0 Å². The molecule has 0 amide bonds. The monoisotopic (exact) mass is 328 g/mol. The maximum atomic E-state index is 10.2. The number of benzene rings is 1. The molecule has 2 aromatic rings. The minimum atomic E-state index is -0.451. The Hall–Kier alpha value is -1.76. The maximum absolute atomic E-state index is 10.2. The summed E-state index contributed by atoms with van der Waals surface area (Å²) in [6, 6.07) is 10.5. The summed E-state index contributed by atoms with van der Waals surface area (Å²) in [7, 11) is 0. The van der Waals surface area contributed by atoms with E-state index >= 15 is 0 Å². The highest BCUT2D eigenvalue weighted by Gasteiger charge is 2.38. The molecule has 2 heterocycles. The molecule has 0 bridgehead atoms. The molecule has 2 aliphatic rings. The number of nitrogens with zero attached hydrogens (tertiary/aromatic N) is 3. The van der Waals surface area contributed by atoms with Crippen LogP contribution in [0.3, 0.4) is 0 Å². The van der Waals surface area contributed by atoms with Crippen LogP contribution in [0.2, 0.25) is 0 Å². The third-order valence-corrected chi connectivity index (χ3v) is 5.05. The summed E-state index contributed by atoms with van der Waals surface area (Å²) in [6.45, 7) is 0.983. The highest BCUT2D eigenvalue weighted by molar-refractivity contribution is 5.57. The molecule has 6 heteroatoms. The largest absolute Gasteiger partial charge is 0.389 e. The summed E-state index contributed by atoms with van der Waals surface area (Å²) in [5.74, 6) is 0. The first-order chi connectivity index (χ1) is 11.8. The quantitative estimate of drug-likeness (QED) is 0.872. The van der Waals surface area contributed by atoms with Crippen molar-refractivity contribution in [2.24, 2.45) is 0 Å². The Labute approximate surface area is 141 Å². The van der Waals surface area contributed by atoms with Crippen LogP contribution in [-0.4, -0.2) is 51.0 Å². The van der Waals surface area contributed by atoms with Gasteiger partial charge in [-0.2, -0.15) is 0 Å². The molecule has 1 saturated heterocycles. The molecule has 6 nitrogen and oxygen atoms in total. The molecule has 4 rings (SSSR count). The van der Waals surface area contributed by atoms with Crippen molar-refractivity contribution in [1.29, 1.82) is 0 Å². The topological polar surface area (TPSA) is 72.2 Å². The summed E-state index contributed by atoms with van der Waals surface area (Å²) in [5, 5.41) is 22.3. The number of aromatic nitrogens is 3. The van der Waals surface area contributed by atoms with Gasteiger partial charge >= 0.3 is 0 Å². The van der Waals surface area contributed by atoms with Crippen LogP contribution in [0.25, 0.3) is 11.3 Å². The van der Waals surface area contributed by atoms with Gasteiger partial charge < -0.3 is 15.2 Å². The summed E-state index contributed by atoms with van der Waals surface area (Å²) in [6.07, 6.45) is 6.34. The van der Waals surface area contributed by atoms with Gasteiger partial charge in [-0.3, -0.25) is 0 Å². The third kappa shape index (κ3) is 3.36. The first kappa shape index (κ1) is 15.7. The predicted molar refractivity (Wildman–Crippen MR) is 90.4 cm³/mol. The molecular weight excluding hydrogens is 304 g/mol. The lowest BCUT2D eigenvalue weighted by Crippen LogP contribution is -2.49. The smallest absolute Gasteiger partial charge is 0.113 e. The first-order valence-corrected chi connectivity index (χ1v) is 8.81. The SMILES string of the molecule is O[C@H]1CO[C@H](Cn2cc(-c3ccccc3)nn2)[C@@H]1NC1CCCC1.